The van der Waals surface area contributed by atoms with E-state index in [-0.39, 0.29) is 29.4 Å². The Balaban J connectivity index is 1.95. The smallest absolute Gasteiger partial charge is 0.323 e. The zero-order valence-electron chi connectivity index (χ0n) is 15.4. The van der Waals surface area contributed by atoms with Gasteiger partial charge in [-0.15, -0.1) is 11.3 Å². The maximum Gasteiger partial charge on any atom is 0.332 e. The van der Waals surface area contributed by atoms with Crippen LogP contribution < -0.4 is 16.6 Å². The molecule has 3 aromatic rings. The van der Waals surface area contributed by atoms with Gasteiger partial charge in [-0.2, -0.15) is 0 Å². The largest absolute Gasteiger partial charge is 0.332 e. The summed E-state index contributed by atoms with van der Waals surface area (Å²) in [5.74, 6) is -0.698. The summed E-state index contributed by atoms with van der Waals surface area (Å²) < 4.78 is 16.0. The molecule has 9 heteroatoms. The molecule has 0 bridgehead atoms. The van der Waals surface area contributed by atoms with Crippen molar-refractivity contribution in [2.45, 2.75) is 33.4 Å². The lowest BCUT2D eigenvalue weighted by Crippen LogP contribution is -2.41. The first kappa shape index (κ1) is 20.3. The standard InChI is InChI=1S/C19H19ClFN3O3S/c1-11(2)5-7-23-18(26)17-15(6-8-28-17)24(19(23)27)10-16(25)22-14-4-3-12(21)9-13(14)20/h3-4,6,8-9,11H,5,7,10H2,1-2H3,(H,22,25). The Morgan fingerprint density at radius 3 is 2.68 bits per heavy atom. The molecule has 0 saturated heterocycles. The topological polar surface area (TPSA) is 73.1 Å². The van der Waals surface area contributed by atoms with Gasteiger partial charge in [0.2, 0.25) is 5.91 Å². The number of aromatic nitrogens is 2. The third-order valence-corrected chi connectivity index (χ3v) is 5.48. The van der Waals surface area contributed by atoms with Crippen molar-refractivity contribution in [1.29, 1.82) is 0 Å². The average Bonchev–Trinajstić information content (AvgIpc) is 3.10. The predicted octanol–water partition coefficient (Wildman–Crippen LogP) is 3.70. The summed E-state index contributed by atoms with van der Waals surface area (Å²) in [6, 6.07) is 5.26. The molecule has 1 amide bonds. The van der Waals surface area contributed by atoms with Crippen LogP contribution in [-0.2, 0) is 17.9 Å². The van der Waals surface area contributed by atoms with Crippen LogP contribution in [-0.4, -0.2) is 15.0 Å². The van der Waals surface area contributed by atoms with E-state index < -0.39 is 17.4 Å². The summed E-state index contributed by atoms with van der Waals surface area (Å²) in [5.41, 5.74) is -0.206. The van der Waals surface area contributed by atoms with Gasteiger partial charge in [0.15, 0.2) is 0 Å². The van der Waals surface area contributed by atoms with Crippen molar-refractivity contribution in [2.24, 2.45) is 5.92 Å². The van der Waals surface area contributed by atoms with Crippen LogP contribution in [0.3, 0.4) is 0 Å². The molecule has 28 heavy (non-hydrogen) atoms. The van der Waals surface area contributed by atoms with E-state index in [1.807, 2.05) is 13.8 Å². The molecule has 0 fully saturated rings. The average molecular weight is 424 g/mol. The zero-order valence-corrected chi connectivity index (χ0v) is 16.9. The SMILES string of the molecule is CC(C)CCn1c(=O)c2sccc2n(CC(=O)Nc2ccc(F)cc2Cl)c1=O. The number of anilines is 1. The number of rotatable bonds is 6. The van der Waals surface area contributed by atoms with E-state index in [0.29, 0.717) is 22.6 Å². The molecule has 0 aliphatic heterocycles. The first-order valence-electron chi connectivity index (χ1n) is 8.73. The van der Waals surface area contributed by atoms with Gasteiger partial charge >= 0.3 is 5.69 Å². The molecule has 3 rings (SSSR count). The molecule has 2 heterocycles. The van der Waals surface area contributed by atoms with Crippen LogP contribution >= 0.6 is 22.9 Å². The van der Waals surface area contributed by atoms with Crippen molar-refractivity contribution in [3.63, 3.8) is 0 Å². The number of hydrogen-bond acceptors (Lipinski definition) is 4. The van der Waals surface area contributed by atoms with E-state index in [2.05, 4.69) is 5.32 Å². The lowest BCUT2D eigenvalue weighted by molar-refractivity contribution is -0.116. The summed E-state index contributed by atoms with van der Waals surface area (Å²) in [6.07, 6.45) is 0.670. The minimum absolute atomic E-state index is 0.0586. The monoisotopic (exact) mass is 423 g/mol. The molecule has 0 unspecified atom stereocenters. The fourth-order valence-electron chi connectivity index (χ4n) is 2.79. The second-order valence-electron chi connectivity index (χ2n) is 6.82. The minimum atomic E-state index is -0.531. The number of fused-ring (bicyclic) bond motifs is 1. The van der Waals surface area contributed by atoms with Crippen LogP contribution in [0.25, 0.3) is 10.2 Å². The highest BCUT2D eigenvalue weighted by Gasteiger charge is 2.17. The Labute approximate surface area is 169 Å². The fraction of sp³-hybridized carbons (Fsp3) is 0.316. The number of nitrogens with zero attached hydrogens (tertiary/aromatic N) is 2. The quantitative estimate of drug-likeness (QED) is 0.657. The van der Waals surface area contributed by atoms with Crippen molar-refractivity contribution in [3.05, 3.63) is 61.3 Å². The normalized spacial score (nSPS) is 11.3. The van der Waals surface area contributed by atoms with Gasteiger partial charge in [0.25, 0.3) is 5.56 Å². The van der Waals surface area contributed by atoms with E-state index in [1.54, 1.807) is 11.4 Å². The molecule has 1 N–H and O–H groups in total. The van der Waals surface area contributed by atoms with Crippen molar-refractivity contribution in [2.75, 3.05) is 5.32 Å². The van der Waals surface area contributed by atoms with Crippen molar-refractivity contribution >= 4 is 44.7 Å². The molecule has 0 saturated carbocycles. The van der Waals surface area contributed by atoms with Crippen LogP contribution in [0.1, 0.15) is 20.3 Å². The third kappa shape index (κ3) is 4.18. The van der Waals surface area contributed by atoms with Crippen LogP contribution in [0, 0.1) is 11.7 Å². The summed E-state index contributed by atoms with van der Waals surface area (Å²) in [4.78, 5) is 38.0. The molecular weight excluding hydrogens is 405 g/mol. The van der Waals surface area contributed by atoms with Gasteiger partial charge in [0, 0.05) is 6.54 Å². The first-order valence-corrected chi connectivity index (χ1v) is 9.99. The van der Waals surface area contributed by atoms with Gasteiger partial charge < -0.3 is 5.32 Å². The summed E-state index contributed by atoms with van der Waals surface area (Å²) in [7, 11) is 0. The molecule has 0 radical (unpaired) electrons. The second kappa shape index (κ2) is 8.28. The third-order valence-electron chi connectivity index (χ3n) is 4.27. The van der Waals surface area contributed by atoms with E-state index >= 15 is 0 Å². The summed E-state index contributed by atoms with van der Waals surface area (Å²) in [6.45, 7) is 4.01. The first-order chi connectivity index (χ1) is 13.3. The van der Waals surface area contributed by atoms with Crippen LogP contribution in [0.4, 0.5) is 10.1 Å². The van der Waals surface area contributed by atoms with Crippen molar-refractivity contribution < 1.29 is 9.18 Å². The fourth-order valence-corrected chi connectivity index (χ4v) is 3.85. The van der Waals surface area contributed by atoms with Crippen LogP contribution in [0.5, 0.6) is 0 Å². The molecule has 0 aliphatic carbocycles. The zero-order chi connectivity index (χ0) is 20.4. The number of nitrogens with one attached hydrogen (secondary N) is 1. The highest BCUT2D eigenvalue weighted by atomic mass is 35.5. The van der Waals surface area contributed by atoms with Crippen molar-refractivity contribution in [1.82, 2.24) is 9.13 Å². The number of thiophene rings is 1. The van der Waals surface area contributed by atoms with Gasteiger partial charge in [-0.05, 0) is 42.0 Å². The number of halogens is 2. The van der Waals surface area contributed by atoms with E-state index in [0.717, 1.165) is 6.07 Å². The maximum atomic E-state index is 13.2. The second-order valence-corrected chi connectivity index (χ2v) is 8.14. The Hall–Kier alpha value is -2.45. The molecule has 6 nitrogen and oxygen atoms in total. The number of hydrogen-bond donors (Lipinski definition) is 1. The number of amides is 1. The van der Waals surface area contributed by atoms with Gasteiger partial charge in [0.1, 0.15) is 17.1 Å². The van der Waals surface area contributed by atoms with Gasteiger partial charge in [-0.3, -0.25) is 18.7 Å². The molecule has 1 aromatic carbocycles. The minimum Gasteiger partial charge on any atom is -0.323 e. The van der Waals surface area contributed by atoms with Crippen LogP contribution in [0.15, 0.2) is 39.2 Å². The van der Waals surface area contributed by atoms with E-state index in [4.69, 9.17) is 11.6 Å². The Morgan fingerprint density at radius 2 is 2.00 bits per heavy atom. The molecular formula is C19H19ClFN3O3S. The predicted molar refractivity (Wildman–Crippen MR) is 110 cm³/mol. The van der Waals surface area contributed by atoms with Gasteiger partial charge in [-0.1, -0.05) is 25.4 Å². The van der Waals surface area contributed by atoms with Crippen molar-refractivity contribution in [3.8, 4) is 0 Å². The van der Waals surface area contributed by atoms with Gasteiger partial charge in [-0.25, -0.2) is 9.18 Å². The Bertz CT molecular complexity index is 1150. The number of benzene rings is 1. The highest BCUT2D eigenvalue weighted by molar-refractivity contribution is 7.17. The molecule has 0 aliphatic rings. The van der Waals surface area contributed by atoms with E-state index in [1.165, 1.54) is 32.6 Å². The molecule has 0 spiro atoms. The maximum absolute atomic E-state index is 13.2. The van der Waals surface area contributed by atoms with E-state index in [9.17, 15) is 18.8 Å². The number of carbonyl (C=O) groups excluding carboxylic acids is 1. The molecule has 148 valence electrons. The van der Waals surface area contributed by atoms with Crippen LogP contribution in [0.2, 0.25) is 5.02 Å². The molecule has 0 atom stereocenters. The number of carbonyl (C=O) groups is 1. The Kier molecular flexibility index (Phi) is 6.00. The molecule has 2 aromatic heterocycles. The summed E-state index contributed by atoms with van der Waals surface area (Å²) >= 11 is 7.17. The Morgan fingerprint density at radius 1 is 1.25 bits per heavy atom. The summed E-state index contributed by atoms with van der Waals surface area (Å²) in [5, 5.41) is 4.34. The highest BCUT2D eigenvalue weighted by Crippen LogP contribution is 2.22. The van der Waals surface area contributed by atoms with Gasteiger partial charge in [0.05, 0.1) is 16.2 Å². The lowest BCUT2D eigenvalue weighted by Gasteiger charge is -2.13. The lowest BCUT2D eigenvalue weighted by atomic mass is 10.1.